The van der Waals surface area contributed by atoms with Gasteiger partial charge in [-0.1, -0.05) is 31.9 Å². The van der Waals surface area contributed by atoms with Crippen LogP contribution in [0.2, 0.25) is 5.28 Å². The second kappa shape index (κ2) is 14.1. The molecule has 0 bridgehead atoms. The second-order valence-electron chi connectivity index (χ2n) is 9.19. The van der Waals surface area contributed by atoms with E-state index in [0.29, 0.717) is 19.6 Å². The molecule has 3 aromatic rings. The number of imidazole rings is 1. The molecule has 0 aliphatic carbocycles. The van der Waals surface area contributed by atoms with Crippen LogP contribution in [0.3, 0.4) is 0 Å². The van der Waals surface area contributed by atoms with Crippen molar-refractivity contribution in [3.8, 4) is 5.75 Å². The van der Waals surface area contributed by atoms with Crippen molar-refractivity contribution in [3.63, 3.8) is 0 Å². The van der Waals surface area contributed by atoms with Crippen LogP contribution in [0.25, 0.3) is 11.2 Å². The molecule has 0 radical (unpaired) electrons. The first kappa shape index (κ1) is 30.1. The minimum atomic E-state index is -0.564. The lowest BCUT2D eigenvalue weighted by molar-refractivity contribution is -0.131. The summed E-state index contributed by atoms with van der Waals surface area (Å²) in [4.78, 5) is 53.4. The van der Waals surface area contributed by atoms with Gasteiger partial charge in [-0.15, -0.1) is 0 Å². The Labute approximate surface area is 231 Å². The van der Waals surface area contributed by atoms with E-state index >= 15 is 0 Å². The third kappa shape index (κ3) is 7.36. The van der Waals surface area contributed by atoms with Crippen LogP contribution in [-0.2, 0) is 27.9 Å². The molecule has 1 atom stereocenters. The summed E-state index contributed by atoms with van der Waals surface area (Å²) in [5.74, 6) is -0.876. The van der Waals surface area contributed by atoms with Crippen molar-refractivity contribution in [2.75, 3.05) is 13.2 Å². The third-order valence-corrected chi connectivity index (χ3v) is 6.49. The van der Waals surface area contributed by atoms with Crippen LogP contribution < -0.4 is 16.0 Å². The van der Waals surface area contributed by atoms with Crippen LogP contribution in [0.5, 0.6) is 5.75 Å². The number of carbonyl (C=O) groups is 2. The molecule has 3 rings (SSSR count). The zero-order chi connectivity index (χ0) is 28.5. The average molecular weight is 563 g/mol. The van der Waals surface area contributed by atoms with Gasteiger partial charge >= 0.3 is 17.6 Å². The summed E-state index contributed by atoms with van der Waals surface area (Å²) in [6, 6.07) is 6.44. The van der Waals surface area contributed by atoms with E-state index < -0.39 is 29.4 Å². The lowest BCUT2D eigenvalue weighted by Crippen LogP contribution is -2.39. The van der Waals surface area contributed by atoms with Gasteiger partial charge in [-0.3, -0.25) is 23.3 Å². The Kier molecular flexibility index (Phi) is 10.9. The number of hydrogen-bond acceptors (Lipinski definition) is 8. The number of fused-ring (bicyclic) bond motifs is 1. The molecular formula is C27H35ClN4O7. The van der Waals surface area contributed by atoms with E-state index in [9.17, 15) is 19.2 Å². The fraction of sp³-hybridized carbons (Fsp3) is 0.519. The molecule has 0 fully saturated rings. The molecule has 2 aromatic heterocycles. The van der Waals surface area contributed by atoms with E-state index in [4.69, 9.17) is 25.8 Å². The van der Waals surface area contributed by atoms with Gasteiger partial charge in [-0.05, 0) is 56.3 Å². The first-order valence-corrected chi connectivity index (χ1v) is 13.5. The largest absolute Gasteiger partial charge is 0.462 e. The highest BCUT2D eigenvalue weighted by molar-refractivity contribution is 6.29. The Bertz CT molecular complexity index is 1430. The molecule has 0 aliphatic rings. The molecule has 2 heterocycles. The highest BCUT2D eigenvalue weighted by Crippen LogP contribution is 2.23. The number of halogens is 1. The van der Waals surface area contributed by atoms with Gasteiger partial charge < -0.3 is 14.2 Å². The second-order valence-corrected chi connectivity index (χ2v) is 9.52. The van der Waals surface area contributed by atoms with Gasteiger partial charge in [-0.25, -0.2) is 9.59 Å². The number of carbonyl (C=O) groups excluding carboxylic acids is 2. The monoisotopic (exact) mass is 562 g/mol. The Hall–Kier alpha value is -3.44. The maximum Gasteiger partial charge on any atom is 0.341 e. The third-order valence-electron chi connectivity index (χ3n) is 6.22. The van der Waals surface area contributed by atoms with Crippen LogP contribution >= 0.6 is 11.6 Å². The molecule has 0 amide bonds. The van der Waals surface area contributed by atoms with Crippen LogP contribution in [0.1, 0.15) is 75.9 Å². The number of aryl methyl sites for hydroxylation is 1. The number of para-hydroxylation sites is 1. The van der Waals surface area contributed by atoms with E-state index in [-0.39, 0.29) is 34.4 Å². The Morgan fingerprint density at radius 2 is 1.74 bits per heavy atom. The number of aromatic nitrogens is 4. The van der Waals surface area contributed by atoms with Crippen molar-refractivity contribution >= 4 is 34.7 Å². The van der Waals surface area contributed by atoms with Gasteiger partial charge in [0.1, 0.15) is 17.5 Å². The summed E-state index contributed by atoms with van der Waals surface area (Å²) in [6.45, 7) is 6.17. The number of benzene rings is 1. The first-order valence-electron chi connectivity index (χ1n) is 13.1. The number of hydrogen-bond donors (Lipinski definition) is 0. The molecule has 0 spiro atoms. The highest BCUT2D eigenvalue weighted by Gasteiger charge is 2.22. The van der Waals surface area contributed by atoms with E-state index in [1.807, 2.05) is 6.92 Å². The summed E-state index contributed by atoms with van der Waals surface area (Å²) in [6.07, 6.45) is 4.16. The fourth-order valence-electron chi connectivity index (χ4n) is 4.16. The molecule has 212 valence electrons. The van der Waals surface area contributed by atoms with Gasteiger partial charge in [0.2, 0.25) is 5.28 Å². The summed E-state index contributed by atoms with van der Waals surface area (Å²) in [7, 11) is 1.44. The van der Waals surface area contributed by atoms with Crippen molar-refractivity contribution in [2.45, 2.75) is 72.1 Å². The van der Waals surface area contributed by atoms with E-state index in [0.717, 1.165) is 36.7 Å². The lowest BCUT2D eigenvalue weighted by atomic mass is 10.2. The minimum absolute atomic E-state index is 0.0857. The van der Waals surface area contributed by atoms with E-state index in [1.54, 1.807) is 31.2 Å². The molecule has 11 nitrogen and oxygen atoms in total. The zero-order valence-corrected chi connectivity index (χ0v) is 23.5. The number of unbranched alkanes of at least 4 members (excludes halogenated alkanes) is 4. The number of rotatable bonds is 14. The Morgan fingerprint density at radius 1 is 1.05 bits per heavy atom. The summed E-state index contributed by atoms with van der Waals surface area (Å²) < 4.78 is 20.4. The molecule has 12 heteroatoms. The number of ether oxygens (including phenoxy) is 3. The van der Waals surface area contributed by atoms with E-state index in [1.165, 1.54) is 23.1 Å². The molecular weight excluding hydrogens is 528 g/mol. The number of esters is 2. The fourth-order valence-corrected chi connectivity index (χ4v) is 4.46. The van der Waals surface area contributed by atoms with Crippen LogP contribution in [-0.4, -0.2) is 43.8 Å². The maximum absolute atomic E-state index is 12.9. The van der Waals surface area contributed by atoms with Crippen LogP contribution in [0.4, 0.5) is 0 Å². The van der Waals surface area contributed by atoms with Crippen molar-refractivity contribution < 1.29 is 23.8 Å². The molecule has 0 saturated carbocycles. The smallest absolute Gasteiger partial charge is 0.341 e. The molecule has 1 aromatic carbocycles. The SMILES string of the molecule is CCCCn1c(=O)n(C)c(=O)c2c1nc(Cl)n2C(C)OCCCCCCOC(=O)c1ccccc1OC(C)=O. The van der Waals surface area contributed by atoms with Gasteiger partial charge in [-0.2, -0.15) is 4.98 Å². The average Bonchev–Trinajstić information content (AvgIpc) is 3.25. The quantitative estimate of drug-likeness (QED) is 0.124. The Balaban J connectivity index is 1.48. The van der Waals surface area contributed by atoms with Crippen molar-refractivity contribution in [1.82, 2.24) is 18.7 Å². The Morgan fingerprint density at radius 3 is 2.44 bits per heavy atom. The van der Waals surface area contributed by atoms with Gasteiger partial charge in [0, 0.05) is 27.1 Å². The highest BCUT2D eigenvalue weighted by atomic mass is 35.5. The molecule has 0 aliphatic heterocycles. The van der Waals surface area contributed by atoms with Gasteiger partial charge in [0.15, 0.2) is 11.2 Å². The lowest BCUT2D eigenvalue weighted by Gasteiger charge is -2.17. The van der Waals surface area contributed by atoms with Crippen molar-refractivity contribution in [2.24, 2.45) is 7.05 Å². The van der Waals surface area contributed by atoms with Crippen LogP contribution in [0.15, 0.2) is 33.9 Å². The van der Waals surface area contributed by atoms with Gasteiger partial charge in [0.25, 0.3) is 5.56 Å². The predicted molar refractivity (Wildman–Crippen MR) is 146 cm³/mol. The molecule has 0 saturated heterocycles. The van der Waals surface area contributed by atoms with Crippen molar-refractivity contribution in [1.29, 1.82) is 0 Å². The molecule has 0 N–H and O–H groups in total. The summed E-state index contributed by atoms with van der Waals surface area (Å²) in [5, 5.41) is 0.0857. The van der Waals surface area contributed by atoms with E-state index in [2.05, 4.69) is 4.98 Å². The normalized spacial score (nSPS) is 12.0. The number of nitrogens with zero attached hydrogens (tertiary/aromatic N) is 4. The summed E-state index contributed by atoms with van der Waals surface area (Å²) in [5.41, 5.74) is -0.180. The standard InChI is InChI=1S/C27H35ClN4O7/c1-5-6-15-31-23-22(24(34)30(4)27(31)36)32(26(28)29-23)18(2)37-16-11-7-8-12-17-38-25(35)20-13-9-10-14-21(20)39-19(3)33/h9-10,13-14,18H,5-8,11-12,15-17H2,1-4H3. The van der Waals surface area contributed by atoms with Crippen molar-refractivity contribution in [3.05, 3.63) is 56.0 Å². The topological polar surface area (TPSA) is 124 Å². The maximum atomic E-state index is 12.9. The first-order chi connectivity index (χ1) is 18.7. The zero-order valence-electron chi connectivity index (χ0n) is 22.8. The van der Waals surface area contributed by atoms with Gasteiger partial charge in [0.05, 0.1) is 6.61 Å². The molecule has 39 heavy (non-hydrogen) atoms. The summed E-state index contributed by atoms with van der Waals surface area (Å²) >= 11 is 6.39. The molecule has 1 unspecified atom stereocenters. The minimum Gasteiger partial charge on any atom is -0.462 e. The van der Waals surface area contributed by atoms with Crippen LogP contribution in [0, 0.1) is 0 Å². The predicted octanol–water partition coefficient (Wildman–Crippen LogP) is 4.23.